The van der Waals surface area contributed by atoms with Gasteiger partial charge in [-0.2, -0.15) is 0 Å². The zero-order chi connectivity index (χ0) is 16.9. The third-order valence-electron chi connectivity index (χ3n) is 4.97. The fraction of sp³-hybridized carbons (Fsp3) is 0.706. The van der Waals surface area contributed by atoms with Crippen LogP contribution in [-0.4, -0.2) is 41.1 Å². The smallest absolute Gasteiger partial charge is 0.320 e. The van der Waals surface area contributed by atoms with Crippen molar-refractivity contribution in [1.82, 2.24) is 15.4 Å². The average molecular weight is 334 g/mol. The Labute approximate surface area is 142 Å². The molecule has 1 aromatic heterocycles. The zero-order valence-electron chi connectivity index (χ0n) is 14.2. The Morgan fingerprint density at radius 3 is 2.50 bits per heavy atom. The molecule has 7 nitrogen and oxygen atoms in total. The molecule has 2 heterocycles. The summed E-state index contributed by atoms with van der Waals surface area (Å²) in [5, 5.41) is 9.34. The third kappa shape index (κ3) is 4.27. The van der Waals surface area contributed by atoms with Gasteiger partial charge >= 0.3 is 6.03 Å². The van der Waals surface area contributed by atoms with Crippen LogP contribution in [0.5, 0.6) is 0 Å². The summed E-state index contributed by atoms with van der Waals surface area (Å²) < 4.78 is 4.92. The van der Waals surface area contributed by atoms with Crippen LogP contribution in [0, 0.1) is 12.8 Å². The van der Waals surface area contributed by atoms with Gasteiger partial charge in [0.25, 0.3) is 0 Å². The van der Waals surface area contributed by atoms with E-state index in [0.29, 0.717) is 17.5 Å². The van der Waals surface area contributed by atoms with Crippen molar-refractivity contribution in [2.75, 3.05) is 18.4 Å². The number of nitrogens with one attached hydrogen (secondary N) is 2. The van der Waals surface area contributed by atoms with E-state index in [9.17, 15) is 9.59 Å². The predicted molar refractivity (Wildman–Crippen MR) is 89.6 cm³/mol. The second kappa shape index (κ2) is 7.68. The molecular formula is C17H26N4O3. The average Bonchev–Trinajstić information content (AvgIpc) is 3.00. The Kier molecular flexibility index (Phi) is 5.37. The predicted octanol–water partition coefficient (Wildman–Crippen LogP) is 2.68. The van der Waals surface area contributed by atoms with Gasteiger partial charge in [-0.3, -0.25) is 10.1 Å². The first-order valence-electron chi connectivity index (χ1n) is 8.91. The van der Waals surface area contributed by atoms with Gasteiger partial charge in [-0.05, 0) is 32.6 Å². The first-order valence-corrected chi connectivity index (χ1v) is 8.91. The Hall–Kier alpha value is -2.05. The van der Waals surface area contributed by atoms with Crippen LogP contribution >= 0.6 is 0 Å². The number of likely N-dealkylation sites (tertiary alicyclic amines) is 1. The van der Waals surface area contributed by atoms with E-state index in [2.05, 4.69) is 15.8 Å². The van der Waals surface area contributed by atoms with Crippen LogP contribution in [0.4, 0.5) is 10.6 Å². The summed E-state index contributed by atoms with van der Waals surface area (Å²) in [6, 6.07) is 1.49. The van der Waals surface area contributed by atoms with E-state index in [1.165, 1.54) is 19.3 Å². The molecule has 7 heteroatoms. The molecule has 0 bridgehead atoms. The van der Waals surface area contributed by atoms with Crippen LogP contribution in [0.15, 0.2) is 10.6 Å². The van der Waals surface area contributed by atoms with Gasteiger partial charge in [0.2, 0.25) is 5.91 Å². The maximum absolute atomic E-state index is 12.5. The molecule has 1 saturated carbocycles. The SMILES string of the molecule is Cc1cc(NC(=O)NC2CCN(C(=O)C3CCCCC3)CC2)no1. The van der Waals surface area contributed by atoms with Crippen molar-refractivity contribution < 1.29 is 14.1 Å². The van der Waals surface area contributed by atoms with Crippen LogP contribution in [0.3, 0.4) is 0 Å². The summed E-state index contributed by atoms with van der Waals surface area (Å²) in [7, 11) is 0. The first kappa shape index (κ1) is 16.8. The van der Waals surface area contributed by atoms with Crippen LogP contribution in [0.25, 0.3) is 0 Å². The van der Waals surface area contributed by atoms with Crippen LogP contribution in [-0.2, 0) is 4.79 Å². The molecule has 3 rings (SSSR count). The lowest BCUT2D eigenvalue weighted by atomic mass is 9.87. The van der Waals surface area contributed by atoms with Gasteiger partial charge in [0.05, 0.1) is 0 Å². The number of carbonyl (C=O) groups excluding carboxylic acids is 2. The molecule has 2 aliphatic rings. The summed E-state index contributed by atoms with van der Waals surface area (Å²) in [6.45, 7) is 3.22. The highest BCUT2D eigenvalue weighted by Gasteiger charge is 2.29. The Morgan fingerprint density at radius 1 is 1.17 bits per heavy atom. The van der Waals surface area contributed by atoms with Crippen molar-refractivity contribution in [3.05, 3.63) is 11.8 Å². The van der Waals surface area contributed by atoms with Gasteiger partial charge < -0.3 is 14.7 Å². The van der Waals surface area contributed by atoms with Crippen molar-refractivity contribution in [1.29, 1.82) is 0 Å². The molecule has 0 atom stereocenters. The minimum absolute atomic E-state index is 0.0911. The van der Waals surface area contributed by atoms with E-state index in [-0.39, 0.29) is 18.0 Å². The molecule has 1 aromatic rings. The lowest BCUT2D eigenvalue weighted by molar-refractivity contribution is -0.137. The van der Waals surface area contributed by atoms with E-state index in [1.807, 2.05) is 4.90 Å². The molecule has 24 heavy (non-hydrogen) atoms. The number of anilines is 1. The number of aromatic nitrogens is 1. The Balaban J connectivity index is 1.41. The first-order chi connectivity index (χ1) is 11.6. The summed E-state index contributed by atoms with van der Waals surface area (Å²) in [6.07, 6.45) is 7.28. The second-order valence-electron chi connectivity index (χ2n) is 6.86. The second-order valence-corrected chi connectivity index (χ2v) is 6.86. The molecule has 1 saturated heterocycles. The number of hydrogen-bond acceptors (Lipinski definition) is 4. The molecule has 1 aliphatic heterocycles. The number of urea groups is 1. The highest BCUT2D eigenvalue weighted by molar-refractivity contribution is 5.88. The van der Waals surface area contributed by atoms with Crippen LogP contribution in [0.2, 0.25) is 0 Å². The van der Waals surface area contributed by atoms with E-state index in [1.54, 1.807) is 13.0 Å². The maximum Gasteiger partial charge on any atom is 0.320 e. The minimum Gasteiger partial charge on any atom is -0.360 e. The van der Waals surface area contributed by atoms with Crippen molar-refractivity contribution >= 4 is 17.8 Å². The Morgan fingerprint density at radius 2 is 1.88 bits per heavy atom. The lowest BCUT2D eigenvalue weighted by Crippen LogP contribution is -2.49. The van der Waals surface area contributed by atoms with E-state index in [4.69, 9.17) is 4.52 Å². The van der Waals surface area contributed by atoms with Crippen LogP contribution in [0.1, 0.15) is 50.7 Å². The number of carbonyl (C=O) groups is 2. The number of nitrogens with zero attached hydrogens (tertiary/aromatic N) is 2. The molecule has 2 N–H and O–H groups in total. The minimum atomic E-state index is -0.277. The topological polar surface area (TPSA) is 87.5 Å². The maximum atomic E-state index is 12.5. The number of amides is 3. The number of rotatable bonds is 3. The summed E-state index contributed by atoms with van der Waals surface area (Å²) in [4.78, 5) is 26.5. The zero-order valence-corrected chi connectivity index (χ0v) is 14.2. The lowest BCUT2D eigenvalue weighted by Gasteiger charge is -2.35. The standard InChI is InChI=1S/C17H26N4O3/c1-12-11-15(20-24-12)19-17(23)18-14-7-9-21(10-8-14)16(22)13-5-3-2-4-6-13/h11,13-14H,2-10H2,1H3,(H2,18,19,20,23). The highest BCUT2D eigenvalue weighted by atomic mass is 16.5. The fourth-order valence-corrected chi connectivity index (χ4v) is 3.62. The van der Waals surface area contributed by atoms with Crippen molar-refractivity contribution in [2.24, 2.45) is 5.92 Å². The van der Waals surface area contributed by atoms with Gasteiger partial charge in [0.1, 0.15) is 5.76 Å². The highest BCUT2D eigenvalue weighted by Crippen LogP contribution is 2.26. The summed E-state index contributed by atoms with van der Waals surface area (Å²) in [5.74, 6) is 1.60. The number of aryl methyl sites for hydroxylation is 1. The quantitative estimate of drug-likeness (QED) is 0.889. The molecule has 0 spiro atoms. The molecule has 0 aromatic carbocycles. The Bertz CT molecular complexity index is 572. The van der Waals surface area contributed by atoms with E-state index >= 15 is 0 Å². The van der Waals surface area contributed by atoms with E-state index < -0.39 is 0 Å². The monoisotopic (exact) mass is 334 g/mol. The van der Waals surface area contributed by atoms with E-state index in [0.717, 1.165) is 38.8 Å². The molecule has 2 fully saturated rings. The molecule has 1 aliphatic carbocycles. The molecular weight excluding hydrogens is 308 g/mol. The normalized spacial score (nSPS) is 20.0. The van der Waals surface area contributed by atoms with Crippen molar-refractivity contribution in [2.45, 2.75) is 57.9 Å². The van der Waals surface area contributed by atoms with Crippen molar-refractivity contribution in [3.8, 4) is 0 Å². The van der Waals surface area contributed by atoms with Gasteiger partial charge in [-0.25, -0.2) is 4.79 Å². The van der Waals surface area contributed by atoms with Crippen LogP contribution < -0.4 is 10.6 Å². The largest absolute Gasteiger partial charge is 0.360 e. The molecule has 3 amide bonds. The van der Waals surface area contributed by atoms with Gasteiger partial charge in [-0.1, -0.05) is 24.4 Å². The van der Waals surface area contributed by atoms with Crippen molar-refractivity contribution in [3.63, 3.8) is 0 Å². The molecule has 0 unspecified atom stereocenters. The van der Waals surface area contributed by atoms with Gasteiger partial charge in [0, 0.05) is 31.1 Å². The number of hydrogen-bond donors (Lipinski definition) is 2. The molecule has 0 radical (unpaired) electrons. The third-order valence-corrected chi connectivity index (χ3v) is 4.97. The summed E-state index contributed by atoms with van der Waals surface area (Å²) >= 11 is 0. The molecule has 132 valence electrons. The van der Waals surface area contributed by atoms with Gasteiger partial charge in [-0.15, -0.1) is 0 Å². The number of piperidine rings is 1. The van der Waals surface area contributed by atoms with Gasteiger partial charge in [0.15, 0.2) is 5.82 Å². The summed E-state index contributed by atoms with van der Waals surface area (Å²) in [5.41, 5.74) is 0. The fourth-order valence-electron chi connectivity index (χ4n) is 3.62.